The molecule has 0 amide bonds. The average molecular weight is 243 g/mol. The van der Waals surface area contributed by atoms with Gasteiger partial charge >= 0.3 is 5.97 Å². The highest BCUT2D eigenvalue weighted by Crippen LogP contribution is 2.23. The monoisotopic (exact) mass is 243 g/mol. The normalized spacial score (nSPS) is 12.8. The van der Waals surface area contributed by atoms with Gasteiger partial charge in [-0.2, -0.15) is 0 Å². The third-order valence-corrected chi connectivity index (χ3v) is 3.50. The van der Waals surface area contributed by atoms with Crippen molar-refractivity contribution in [3.8, 4) is 0 Å². The van der Waals surface area contributed by atoms with Gasteiger partial charge < -0.3 is 4.84 Å². The Morgan fingerprint density at radius 1 is 1.75 bits per heavy atom. The van der Waals surface area contributed by atoms with Gasteiger partial charge in [-0.05, 0) is 25.4 Å². The highest BCUT2D eigenvalue weighted by Gasteiger charge is 2.13. The summed E-state index contributed by atoms with van der Waals surface area (Å²) in [5, 5.41) is 2.05. The summed E-state index contributed by atoms with van der Waals surface area (Å²) in [6.07, 6.45) is 0.316. The summed E-state index contributed by atoms with van der Waals surface area (Å²) >= 11 is 1.71. The summed E-state index contributed by atoms with van der Waals surface area (Å²) < 4.78 is 0. The van der Waals surface area contributed by atoms with Crippen LogP contribution in [-0.4, -0.2) is 24.5 Å². The van der Waals surface area contributed by atoms with E-state index in [9.17, 15) is 4.79 Å². The Kier molecular flexibility index (Phi) is 5.41. The lowest BCUT2D eigenvalue weighted by Gasteiger charge is -2.23. The molecule has 0 aliphatic carbocycles. The largest absolute Gasteiger partial charge is 0.356 e. The molecule has 0 bridgehead atoms. The number of hydrazine groups is 1. The fourth-order valence-corrected chi connectivity index (χ4v) is 2.17. The molecule has 0 saturated heterocycles. The van der Waals surface area contributed by atoms with Crippen molar-refractivity contribution in [2.45, 2.75) is 19.4 Å². The number of carbonyl (C=O) groups is 1. The summed E-state index contributed by atoms with van der Waals surface area (Å²) in [6.45, 7) is 2.75. The van der Waals surface area contributed by atoms with E-state index in [0.717, 1.165) is 0 Å². The number of rotatable bonds is 6. The summed E-state index contributed by atoms with van der Waals surface area (Å²) in [5.41, 5.74) is 1.88. The number of thiophene rings is 1. The van der Waals surface area contributed by atoms with Crippen LogP contribution in [0.5, 0.6) is 0 Å². The smallest absolute Gasteiger partial charge is 0.327 e. The van der Waals surface area contributed by atoms with Gasteiger partial charge in [0.25, 0.3) is 0 Å². The fourth-order valence-electron chi connectivity index (χ4n) is 1.32. The fraction of sp³-hybridized carbons (Fsp3) is 0.500. The highest BCUT2D eigenvalue weighted by atomic mass is 32.1. The lowest BCUT2D eigenvalue weighted by atomic mass is 10.2. The lowest BCUT2D eigenvalue weighted by molar-refractivity contribution is -0.151. The quantitative estimate of drug-likeness (QED) is 0.577. The molecule has 0 saturated carbocycles. The van der Waals surface area contributed by atoms with Crippen molar-refractivity contribution in [2.24, 2.45) is 5.84 Å². The molecule has 1 heterocycles. The molecule has 16 heavy (non-hydrogen) atoms. The first-order chi connectivity index (χ1) is 7.65. The van der Waals surface area contributed by atoms with Gasteiger partial charge in [-0.25, -0.2) is 5.84 Å². The van der Waals surface area contributed by atoms with E-state index in [1.54, 1.807) is 11.3 Å². The van der Waals surface area contributed by atoms with Crippen LogP contribution in [0, 0.1) is 0 Å². The first-order valence-corrected chi connectivity index (χ1v) is 5.92. The van der Waals surface area contributed by atoms with E-state index in [-0.39, 0.29) is 5.97 Å². The van der Waals surface area contributed by atoms with Gasteiger partial charge in [0.05, 0.1) is 6.42 Å². The molecule has 0 radical (unpaired) electrons. The molecule has 90 valence electrons. The van der Waals surface area contributed by atoms with Crippen LogP contribution in [0.4, 0.5) is 0 Å². The van der Waals surface area contributed by atoms with E-state index in [0.29, 0.717) is 19.0 Å². The van der Waals surface area contributed by atoms with Crippen molar-refractivity contribution >= 4 is 17.3 Å². The molecule has 3 N–H and O–H groups in total. The Morgan fingerprint density at radius 2 is 2.50 bits per heavy atom. The molecule has 1 aromatic rings. The average Bonchev–Trinajstić information content (AvgIpc) is 2.78. The standard InChI is InChI=1S/C10H17N3O2S/c1-8(9-4-3-7-16-9)13(2)6-5-10(14)15-12-11/h3-4,7-8,12H,5-6,11H2,1-2H3. The van der Waals surface area contributed by atoms with E-state index in [2.05, 4.69) is 22.7 Å². The molecule has 1 unspecified atom stereocenters. The Labute approximate surface area is 99.1 Å². The maximum Gasteiger partial charge on any atom is 0.327 e. The molecule has 0 fully saturated rings. The SMILES string of the molecule is CC(c1cccs1)N(C)CCC(=O)ONN. The number of nitrogens with two attached hydrogens (primary N) is 1. The molecule has 1 aromatic heterocycles. The minimum Gasteiger partial charge on any atom is -0.356 e. The van der Waals surface area contributed by atoms with Crippen LogP contribution < -0.4 is 11.4 Å². The number of hydrogen-bond acceptors (Lipinski definition) is 6. The van der Waals surface area contributed by atoms with Crippen LogP contribution in [0.3, 0.4) is 0 Å². The lowest BCUT2D eigenvalue weighted by Crippen LogP contribution is -2.30. The zero-order chi connectivity index (χ0) is 12.0. The number of hydrogen-bond donors (Lipinski definition) is 2. The molecular weight excluding hydrogens is 226 g/mol. The zero-order valence-electron chi connectivity index (χ0n) is 9.47. The first kappa shape index (κ1) is 13.1. The summed E-state index contributed by atoms with van der Waals surface area (Å²) in [4.78, 5) is 18.9. The van der Waals surface area contributed by atoms with Crippen molar-refractivity contribution in [3.63, 3.8) is 0 Å². The molecule has 6 heteroatoms. The van der Waals surface area contributed by atoms with Crippen molar-refractivity contribution < 1.29 is 9.63 Å². The van der Waals surface area contributed by atoms with Crippen molar-refractivity contribution in [2.75, 3.05) is 13.6 Å². The Bertz CT molecular complexity index is 316. The van der Waals surface area contributed by atoms with Crippen LogP contribution in [0.15, 0.2) is 17.5 Å². The topological polar surface area (TPSA) is 67.6 Å². The van der Waals surface area contributed by atoms with Crippen LogP contribution >= 0.6 is 11.3 Å². The Hall–Kier alpha value is -0.950. The van der Waals surface area contributed by atoms with Crippen LogP contribution in [-0.2, 0) is 9.63 Å². The Balaban J connectivity index is 2.35. The maximum absolute atomic E-state index is 11.1. The number of nitrogens with one attached hydrogen (secondary N) is 1. The van der Waals surface area contributed by atoms with Gasteiger partial charge in [-0.3, -0.25) is 9.69 Å². The van der Waals surface area contributed by atoms with E-state index in [4.69, 9.17) is 5.84 Å². The van der Waals surface area contributed by atoms with Crippen LogP contribution in [0.2, 0.25) is 0 Å². The predicted octanol–water partition coefficient (Wildman–Crippen LogP) is 1.05. The van der Waals surface area contributed by atoms with Crippen molar-refractivity contribution in [1.82, 2.24) is 10.5 Å². The number of carbonyl (C=O) groups excluding carboxylic acids is 1. The van der Waals surface area contributed by atoms with Gasteiger partial charge in [0.1, 0.15) is 0 Å². The van der Waals surface area contributed by atoms with Crippen molar-refractivity contribution in [3.05, 3.63) is 22.4 Å². The zero-order valence-corrected chi connectivity index (χ0v) is 10.3. The van der Waals surface area contributed by atoms with Crippen LogP contribution in [0.1, 0.15) is 24.3 Å². The summed E-state index contributed by atoms with van der Waals surface area (Å²) in [7, 11) is 1.98. The van der Waals surface area contributed by atoms with E-state index in [1.807, 2.05) is 24.1 Å². The first-order valence-electron chi connectivity index (χ1n) is 5.04. The second-order valence-electron chi connectivity index (χ2n) is 3.51. The molecular formula is C10H17N3O2S. The van der Waals surface area contributed by atoms with Gasteiger partial charge in [-0.1, -0.05) is 11.7 Å². The van der Waals surface area contributed by atoms with E-state index < -0.39 is 0 Å². The second kappa shape index (κ2) is 6.59. The minimum atomic E-state index is -0.354. The molecule has 0 spiro atoms. The number of nitrogens with zero attached hydrogens (tertiary/aromatic N) is 1. The van der Waals surface area contributed by atoms with Gasteiger partial charge in [0.15, 0.2) is 0 Å². The Morgan fingerprint density at radius 3 is 3.06 bits per heavy atom. The van der Waals surface area contributed by atoms with E-state index in [1.165, 1.54) is 4.88 Å². The third-order valence-electron chi connectivity index (χ3n) is 2.46. The summed E-state index contributed by atoms with van der Waals surface area (Å²) in [6, 6.07) is 4.42. The molecule has 1 atom stereocenters. The maximum atomic E-state index is 11.1. The molecule has 5 nitrogen and oxygen atoms in total. The van der Waals surface area contributed by atoms with Gasteiger partial charge in [-0.15, -0.1) is 11.3 Å². The highest BCUT2D eigenvalue weighted by molar-refractivity contribution is 7.10. The second-order valence-corrected chi connectivity index (χ2v) is 4.49. The van der Waals surface area contributed by atoms with Gasteiger partial charge in [0, 0.05) is 17.5 Å². The van der Waals surface area contributed by atoms with E-state index >= 15 is 0 Å². The minimum absolute atomic E-state index is 0.304. The summed E-state index contributed by atoms with van der Waals surface area (Å²) in [5.74, 6) is 4.51. The predicted molar refractivity (Wildman–Crippen MR) is 63.4 cm³/mol. The molecule has 1 rings (SSSR count). The third kappa shape index (κ3) is 3.90. The molecule has 0 aliphatic heterocycles. The van der Waals surface area contributed by atoms with Crippen molar-refractivity contribution in [1.29, 1.82) is 0 Å². The molecule has 0 aromatic carbocycles. The molecule has 0 aliphatic rings. The van der Waals surface area contributed by atoms with Gasteiger partial charge in [0.2, 0.25) is 0 Å². The van der Waals surface area contributed by atoms with Crippen LogP contribution in [0.25, 0.3) is 0 Å².